The molecule has 0 spiro atoms. The smallest absolute Gasteiger partial charge is 0.152 e. The van der Waals surface area contributed by atoms with Gasteiger partial charge in [-0.3, -0.25) is 4.79 Å². The molecule has 0 amide bonds. The second kappa shape index (κ2) is 5.10. The van der Waals surface area contributed by atoms with Crippen molar-refractivity contribution < 1.29 is 13.2 Å². The Hall–Kier alpha value is -0.380. The maximum Gasteiger partial charge on any atom is 0.152 e. The van der Waals surface area contributed by atoms with Gasteiger partial charge in [-0.1, -0.05) is 0 Å². The topological polar surface area (TPSA) is 51.2 Å². The summed E-state index contributed by atoms with van der Waals surface area (Å²) >= 11 is 0. The van der Waals surface area contributed by atoms with Crippen molar-refractivity contribution in [1.29, 1.82) is 0 Å². The zero-order chi connectivity index (χ0) is 11.5. The van der Waals surface area contributed by atoms with E-state index in [-0.39, 0.29) is 11.0 Å². The van der Waals surface area contributed by atoms with Gasteiger partial charge in [-0.05, 0) is 39.0 Å². The van der Waals surface area contributed by atoms with Crippen LogP contribution in [-0.2, 0) is 14.6 Å². The molecule has 1 atom stereocenters. The monoisotopic (exact) mass is 232 g/mol. The normalized spacial score (nSPS) is 23.4. The van der Waals surface area contributed by atoms with Crippen molar-refractivity contribution in [3.8, 4) is 0 Å². The summed E-state index contributed by atoms with van der Waals surface area (Å²) in [5.41, 5.74) is 0. The highest BCUT2D eigenvalue weighted by atomic mass is 32.2. The van der Waals surface area contributed by atoms with Crippen LogP contribution in [-0.4, -0.2) is 25.2 Å². The van der Waals surface area contributed by atoms with E-state index >= 15 is 0 Å². The van der Waals surface area contributed by atoms with Crippen LogP contribution >= 0.6 is 0 Å². The third kappa shape index (κ3) is 3.93. The van der Waals surface area contributed by atoms with Crippen LogP contribution in [0.15, 0.2) is 0 Å². The lowest BCUT2D eigenvalue weighted by Crippen LogP contribution is -2.22. The Morgan fingerprint density at radius 2 is 2.07 bits per heavy atom. The summed E-state index contributed by atoms with van der Waals surface area (Å²) in [4.78, 5) is 11.2. The average Bonchev–Trinajstić information content (AvgIpc) is 2.15. The van der Waals surface area contributed by atoms with Crippen LogP contribution in [0, 0.1) is 5.92 Å². The standard InChI is InChI=1S/C11H20O3S/c1-9(2)15(13,14)7-6-10-4-3-5-11(12)8-10/h9-10H,3-8H2,1-2H3. The molecule has 4 heteroatoms. The summed E-state index contributed by atoms with van der Waals surface area (Å²) in [5.74, 6) is 0.843. The van der Waals surface area contributed by atoms with Gasteiger partial charge in [0.1, 0.15) is 5.78 Å². The zero-order valence-corrected chi connectivity index (χ0v) is 10.3. The summed E-state index contributed by atoms with van der Waals surface area (Å²) in [6.07, 6.45) is 3.89. The van der Waals surface area contributed by atoms with Gasteiger partial charge in [-0.2, -0.15) is 0 Å². The first-order valence-electron chi connectivity index (χ1n) is 5.65. The number of hydrogen-bond acceptors (Lipinski definition) is 3. The largest absolute Gasteiger partial charge is 0.300 e. The SMILES string of the molecule is CC(C)S(=O)(=O)CCC1CCCC(=O)C1. The minimum atomic E-state index is -2.93. The van der Waals surface area contributed by atoms with E-state index in [1.54, 1.807) is 13.8 Å². The van der Waals surface area contributed by atoms with Crippen LogP contribution in [0.1, 0.15) is 46.0 Å². The van der Waals surface area contributed by atoms with E-state index in [1.165, 1.54) is 0 Å². The van der Waals surface area contributed by atoms with Gasteiger partial charge in [0, 0.05) is 12.8 Å². The van der Waals surface area contributed by atoms with Crippen molar-refractivity contribution in [3.63, 3.8) is 0 Å². The Kier molecular flexibility index (Phi) is 4.32. The molecule has 0 aromatic heterocycles. The first kappa shape index (κ1) is 12.7. The molecule has 1 fully saturated rings. The van der Waals surface area contributed by atoms with E-state index in [2.05, 4.69) is 0 Å². The molecule has 1 unspecified atom stereocenters. The number of Topliss-reactive ketones (excluding diaryl/α,β-unsaturated/α-hetero) is 1. The molecule has 0 heterocycles. The van der Waals surface area contributed by atoms with Crippen molar-refractivity contribution in [2.45, 2.75) is 51.2 Å². The van der Waals surface area contributed by atoms with Crippen molar-refractivity contribution in [1.82, 2.24) is 0 Å². The number of hydrogen-bond donors (Lipinski definition) is 0. The molecular formula is C11H20O3S. The predicted molar refractivity (Wildman–Crippen MR) is 60.5 cm³/mol. The van der Waals surface area contributed by atoms with Gasteiger partial charge in [0.05, 0.1) is 11.0 Å². The molecule has 0 saturated heterocycles. The van der Waals surface area contributed by atoms with Crippen LogP contribution in [0.2, 0.25) is 0 Å². The molecule has 15 heavy (non-hydrogen) atoms. The van der Waals surface area contributed by atoms with E-state index in [0.717, 1.165) is 12.8 Å². The van der Waals surface area contributed by atoms with Gasteiger partial charge in [0.2, 0.25) is 0 Å². The zero-order valence-electron chi connectivity index (χ0n) is 9.53. The maximum atomic E-state index is 11.6. The highest BCUT2D eigenvalue weighted by Gasteiger charge is 2.23. The van der Waals surface area contributed by atoms with E-state index in [1.807, 2.05) is 0 Å². The molecule has 3 nitrogen and oxygen atoms in total. The van der Waals surface area contributed by atoms with Gasteiger partial charge in [-0.25, -0.2) is 8.42 Å². The summed E-state index contributed by atoms with van der Waals surface area (Å²) in [6.45, 7) is 3.42. The quantitative estimate of drug-likeness (QED) is 0.744. The number of sulfone groups is 1. The molecule has 88 valence electrons. The predicted octanol–water partition coefficient (Wildman–Crippen LogP) is 1.96. The first-order valence-corrected chi connectivity index (χ1v) is 7.36. The lowest BCUT2D eigenvalue weighted by molar-refractivity contribution is -0.121. The Labute approximate surface area is 92.2 Å². The third-order valence-corrected chi connectivity index (χ3v) is 5.35. The van der Waals surface area contributed by atoms with Crippen molar-refractivity contribution in [2.24, 2.45) is 5.92 Å². The molecular weight excluding hydrogens is 212 g/mol. The van der Waals surface area contributed by atoms with Gasteiger partial charge >= 0.3 is 0 Å². The first-order chi connectivity index (χ1) is 6.92. The molecule has 1 aliphatic rings. The lowest BCUT2D eigenvalue weighted by atomic mass is 9.87. The van der Waals surface area contributed by atoms with E-state index in [4.69, 9.17) is 0 Å². The van der Waals surface area contributed by atoms with Crippen molar-refractivity contribution in [2.75, 3.05) is 5.75 Å². The summed E-state index contributed by atoms with van der Waals surface area (Å²) in [6, 6.07) is 0. The summed E-state index contributed by atoms with van der Waals surface area (Å²) < 4.78 is 23.1. The highest BCUT2D eigenvalue weighted by Crippen LogP contribution is 2.25. The number of carbonyl (C=O) groups excluding carboxylic acids is 1. The summed E-state index contributed by atoms with van der Waals surface area (Å²) in [5, 5.41) is -0.295. The Bertz CT molecular complexity index is 317. The van der Waals surface area contributed by atoms with Gasteiger partial charge in [-0.15, -0.1) is 0 Å². The summed E-state index contributed by atoms with van der Waals surface area (Å²) in [7, 11) is -2.93. The fourth-order valence-corrected chi connectivity index (χ4v) is 3.06. The second-order valence-electron chi connectivity index (χ2n) is 4.71. The Balaban J connectivity index is 2.40. The molecule has 1 aliphatic carbocycles. The molecule has 0 radical (unpaired) electrons. The minimum absolute atomic E-state index is 0.239. The van der Waals surface area contributed by atoms with Crippen LogP contribution in [0.3, 0.4) is 0 Å². The number of carbonyl (C=O) groups is 1. The molecule has 0 bridgehead atoms. The van der Waals surface area contributed by atoms with Crippen molar-refractivity contribution >= 4 is 15.6 Å². The van der Waals surface area contributed by atoms with Crippen LogP contribution in [0.5, 0.6) is 0 Å². The van der Waals surface area contributed by atoms with E-state index in [9.17, 15) is 13.2 Å². The molecule has 0 aromatic carbocycles. The van der Waals surface area contributed by atoms with Gasteiger partial charge < -0.3 is 0 Å². The average molecular weight is 232 g/mol. The van der Waals surface area contributed by atoms with Crippen LogP contribution < -0.4 is 0 Å². The van der Waals surface area contributed by atoms with Crippen LogP contribution in [0.25, 0.3) is 0 Å². The van der Waals surface area contributed by atoms with E-state index in [0.29, 0.717) is 31.0 Å². The van der Waals surface area contributed by atoms with Gasteiger partial charge in [0.25, 0.3) is 0 Å². The molecule has 0 N–H and O–H groups in total. The molecule has 0 aliphatic heterocycles. The fraction of sp³-hybridized carbons (Fsp3) is 0.909. The molecule has 1 saturated carbocycles. The number of ketones is 1. The minimum Gasteiger partial charge on any atom is -0.300 e. The molecule has 0 aromatic rings. The lowest BCUT2D eigenvalue weighted by Gasteiger charge is -2.20. The Morgan fingerprint density at radius 1 is 1.40 bits per heavy atom. The molecule has 1 rings (SSSR count). The van der Waals surface area contributed by atoms with E-state index < -0.39 is 9.84 Å². The third-order valence-electron chi connectivity index (χ3n) is 3.11. The van der Waals surface area contributed by atoms with Gasteiger partial charge in [0.15, 0.2) is 9.84 Å². The maximum absolute atomic E-state index is 11.6. The fourth-order valence-electron chi connectivity index (χ4n) is 1.93. The second-order valence-corrected chi connectivity index (χ2v) is 7.38. The van der Waals surface area contributed by atoms with Crippen molar-refractivity contribution in [3.05, 3.63) is 0 Å². The number of rotatable bonds is 4. The van der Waals surface area contributed by atoms with Crippen LogP contribution in [0.4, 0.5) is 0 Å². The highest BCUT2D eigenvalue weighted by molar-refractivity contribution is 7.91. The Morgan fingerprint density at radius 3 is 2.60 bits per heavy atom.